The average Bonchev–Trinajstić information content (AvgIpc) is 3.84. The fourth-order valence-corrected chi connectivity index (χ4v) is 5.93. The second-order valence-electron chi connectivity index (χ2n) is 11.9. The lowest BCUT2D eigenvalue weighted by atomic mass is 10.1. The number of ether oxygens (including phenoxy) is 1. The van der Waals surface area contributed by atoms with Gasteiger partial charge in [0, 0.05) is 16.3 Å². The molecule has 2 unspecified atom stereocenters. The molecule has 1 aliphatic heterocycles. The number of nitriles is 2. The van der Waals surface area contributed by atoms with Gasteiger partial charge < -0.3 is 20.5 Å². The first kappa shape index (κ1) is 42.1. The fraction of sp³-hybridized carbons (Fsp3) is 0.222. The number of nitrogens with one attached hydrogen (secondary N) is 2. The summed E-state index contributed by atoms with van der Waals surface area (Å²) < 4.78 is 93.7. The van der Waals surface area contributed by atoms with Crippen LogP contribution in [0.2, 0.25) is 0 Å². The second-order valence-corrected chi connectivity index (χ2v) is 14.4. The monoisotopic (exact) mass is 774 g/mol. The highest BCUT2D eigenvalue weighted by Gasteiger charge is 2.47. The summed E-state index contributed by atoms with van der Waals surface area (Å²) in [6, 6.07) is 20.7. The number of anilines is 2. The van der Waals surface area contributed by atoms with Crippen LogP contribution in [0.5, 0.6) is 0 Å². The molecule has 2 amide bonds. The number of halogens is 5. The summed E-state index contributed by atoms with van der Waals surface area (Å²) in [5, 5.41) is 32.6. The number of epoxide rings is 1. The predicted molar refractivity (Wildman–Crippen MR) is 186 cm³/mol. The summed E-state index contributed by atoms with van der Waals surface area (Å²) >= 11 is 3.97. The Kier molecular flexibility index (Phi) is 13.5. The van der Waals surface area contributed by atoms with Crippen LogP contribution in [0.3, 0.4) is 0 Å². The Morgan fingerprint density at radius 1 is 0.887 bits per heavy atom. The summed E-state index contributed by atoms with van der Waals surface area (Å²) in [6.07, 6.45) is -4.86. The van der Waals surface area contributed by atoms with Crippen LogP contribution in [0.4, 0.5) is 33.3 Å². The van der Waals surface area contributed by atoms with Crippen molar-refractivity contribution >= 4 is 45.7 Å². The van der Waals surface area contributed by atoms with Gasteiger partial charge in [-0.1, -0.05) is 0 Å². The van der Waals surface area contributed by atoms with Crippen LogP contribution in [0.1, 0.15) is 36.1 Å². The third-order valence-electron chi connectivity index (χ3n) is 7.33. The van der Waals surface area contributed by atoms with Gasteiger partial charge in [-0.05, 0) is 111 Å². The maximum atomic E-state index is 13.0. The number of alkyl halides is 3. The van der Waals surface area contributed by atoms with Crippen molar-refractivity contribution in [2.45, 2.75) is 47.9 Å². The van der Waals surface area contributed by atoms with Crippen LogP contribution in [0.25, 0.3) is 0 Å². The number of hydrogen-bond acceptors (Lipinski definition) is 9. The van der Waals surface area contributed by atoms with E-state index in [0.29, 0.717) is 23.9 Å². The van der Waals surface area contributed by atoms with Crippen LogP contribution in [0.15, 0.2) is 94.7 Å². The van der Waals surface area contributed by atoms with Crippen LogP contribution < -0.4 is 10.6 Å². The number of carbonyl (C=O) groups excluding carboxylic acids is 2. The minimum absolute atomic E-state index is 0.142. The molecule has 1 heterocycles. The molecule has 0 bridgehead atoms. The predicted octanol–water partition coefficient (Wildman–Crippen LogP) is 6.59. The molecule has 53 heavy (non-hydrogen) atoms. The summed E-state index contributed by atoms with van der Waals surface area (Å²) in [4.78, 5) is 24.4. The molecular formula is C36H31F5N4O6S2. The van der Waals surface area contributed by atoms with E-state index >= 15 is 0 Å². The summed E-state index contributed by atoms with van der Waals surface area (Å²) in [5.41, 5.74) is -3.37. The highest BCUT2D eigenvalue weighted by molar-refractivity contribution is 7.91. The number of aliphatic hydroxyl groups is 1. The van der Waals surface area contributed by atoms with Gasteiger partial charge in [0.2, 0.25) is 0 Å². The van der Waals surface area contributed by atoms with E-state index in [1.54, 1.807) is 37.3 Å². The number of thiol groups is 1. The molecular weight excluding hydrogens is 744 g/mol. The summed E-state index contributed by atoms with van der Waals surface area (Å²) in [7, 11) is -4.21. The fourth-order valence-electron chi connectivity index (χ4n) is 4.19. The Hall–Kier alpha value is -5.33. The molecule has 0 radical (unpaired) electrons. The first-order chi connectivity index (χ1) is 24.6. The van der Waals surface area contributed by atoms with Crippen molar-refractivity contribution in [1.82, 2.24) is 0 Å². The quantitative estimate of drug-likeness (QED) is 0.0705. The SMILES string of the molecule is CC(O)(CS(=O)(=O)c1ccc(F)cc1)C(=O)Nc1ccc(C#N)c(C(F)(F)F)c1.Cc1cc(NC(=O)C2(C)CO2)ccc1C#N.Fc1ccc(S)cc1. The number of aryl methyl sites for hydroxylation is 1. The van der Waals surface area contributed by atoms with E-state index in [-0.39, 0.29) is 22.3 Å². The topological polar surface area (TPSA) is 173 Å². The standard InChI is InChI=1S/C18H14F4N2O4S.C12H12N2O2.C6H5FS/c1-17(26,10-29(27,28)14-6-3-12(19)4-7-14)16(25)24-13-5-2-11(9-23)15(8-13)18(20,21)22;1-8-5-10(4-3-9(8)6-13)14-11(15)12(2)7-16-12;7-5-1-3-6(8)4-2-5/h2-8,26H,10H2,1H3,(H,24,25);3-5H,7H2,1-2H3,(H,14,15);1-4,8H. The molecule has 278 valence electrons. The van der Waals surface area contributed by atoms with Gasteiger partial charge in [0.25, 0.3) is 11.8 Å². The molecule has 1 saturated heterocycles. The van der Waals surface area contributed by atoms with Crippen molar-refractivity contribution in [2.24, 2.45) is 0 Å². The number of hydrogen-bond donors (Lipinski definition) is 4. The number of benzene rings is 4. The number of carbonyl (C=O) groups is 2. The molecule has 10 nitrogen and oxygen atoms in total. The summed E-state index contributed by atoms with van der Waals surface area (Å²) in [5.74, 6) is -3.42. The Bertz CT molecular complexity index is 2140. The molecule has 4 aromatic rings. The zero-order chi connectivity index (χ0) is 39.8. The normalized spacial score (nSPS) is 15.8. The second kappa shape index (κ2) is 17.0. The molecule has 4 aromatic carbocycles. The first-order valence-corrected chi connectivity index (χ1v) is 17.2. The smallest absolute Gasteiger partial charge is 0.379 e. The lowest BCUT2D eigenvalue weighted by molar-refractivity contribution is -0.138. The Labute approximate surface area is 307 Å². The molecule has 0 spiro atoms. The van der Waals surface area contributed by atoms with E-state index in [9.17, 15) is 45.1 Å². The van der Waals surface area contributed by atoms with Crippen LogP contribution in [-0.4, -0.2) is 48.9 Å². The van der Waals surface area contributed by atoms with E-state index in [4.69, 9.17) is 15.3 Å². The van der Waals surface area contributed by atoms with E-state index in [1.165, 1.54) is 18.2 Å². The number of nitrogens with zero attached hydrogens (tertiary/aromatic N) is 2. The van der Waals surface area contributed by atoms with Crippen molar-refractivity contribution in [2.75, 3.05) is 23.0 Å². The van der Waals surface area contributed by atoms with Gasteiger partial charge in [0.15, 0.2) is 21.0 Å². The van der Waals surface area contributed by atoms with E-state index in [1.807, 2.05) is 12.2 Å². The highest BCUT2D eigenvalue weighted by atomic mass is 32.2. The Balaban J connectivity index is 0.000000259. The molecule has 0 aromatic heterocycles. The van der Waals surface area contributed by atoms with Gasteiger partial charge in [-0.15, -0.1) is 12.6 Å². The van der Waals surface area contributed by atoms with Crippen molar-refractivity contribution in [3.05, 3.63) is 119 Å². The molecule has 17 heteroatoms. The average molecular weight is 775 g/mol. The maximum Gasteiger partial charge on any atom is 0.417 e. The molecule has 5 rings (SSSR count). The van der Waals surface area contributed by atoms with E-state index in [2.05, 4.69) is 24.0 Å². The van der Waals surface area contributed by atoms with Crippen molar-refractivity contribution in [3.8, 4) is 12.1 Å². The molecule has 0 saturated carbocycles. The highest BCUT2D eigenvalue weighted by Crippen LogP contribution is 2.34. The van der Waals surface area contributed by atoms with Crippen LogP contribution in [0, 0.1) is 41.2 Å². The van der Waals surface area contributed by atoms with Crippen molar-refractivity contribution in [3.63, 3.8) is 0 Å². The molecule has 2 atom stereocenters. The van der Waals surface area contributed by atoms with Gasteiger partial charge >= 0.3 is 6.18 Å². The minimum Gasteiger partial charge on any atom is -0.379 e. The van der Waals surface area contributed by atoms with Gasteiger partial charge in [0.05, 0.1) is 46.1 Å². The van der Waals surface area contributed by atoms with Gasteiger partial charge in [-0.25, -0.2) is 17.2 Å². The lowest BCUT2D eigenvalue weighted by Gasteiger charge is -2.22. The van der Waals surface area contributed by atoms with Crippen LogP contribution >= 0.6 is 12.6 Å². The van der Waals surface area contributed by atoms with Gasteiger partial charge in [-0.3, -0.25) is 9.59 Å². The van der Waals surface area contributed by atoms with Gasteiger partial charge in [0.1, 0.15) is 11.6 Å². The van der Waals surface area contributed by atoms with Crippen molar-refractivity contribution < 1.29 is 49.8 Å². The zero-order valence-electron chi connectivity index (χ0n) is 28.1. The molecule has 1 fully saturated rings. The maximum absolute atomic E-state index is 13.0. The molecule has 1 aliphatic rings. The number of rotatable bonds is 7. The largest absolute Gasteiger partial charge is 0.417 e. The molecule has 0 aliphatic carbocycles. The van der Waals surface area contributed by atoms with Crippen LogP contribution in [-0.2, 0) is 30.3 Å². The number of sulfone groups is 1. The third-order valence-corrected chi connectivity index (χ3v) is 9.56. The number of amides is 2. The first-order valence-electron chi connectivity index (χ1n) is 15.1. The zero-order valence-corrected chi connectivity index (χ0v) is 29.8. The third kappa shape index (κ3) is 12.1. The minimum atomic E-state index is -4.86. The summed E-state index contributed by atoms with van der Waals surface area (Å²) in [6.45, 7) is 4.92. The van der Waals surface area contributed by atoms with Gasteiger partial charge in [-0.2, -0.15) is 23.7 Å². The lowest BCUT2D eigenvalue weighted by Crippen LogP contribution is -2.45. The molecule has 3 N–H and O–H groups in total. The van der Waals surface area contributed by atoms with E-state index in [0.717, 1.165) is 53.8 Å². The van der Waals surface area contributed by atoms with E-state index < -0.39 is 55.8 Å². The van der Waals surface area contributed by atoms with Crippen molar-refractivity contribution in [1.29, 1.82) is 10.5 Å². The Morgan fingerprint density at radius 2 is 1.38 bits per heavy atom. The Morgan fingerprint density at radius 3 is 1.83 bits per heavy atom.